The van der Waals surface area contributed by atoms with Gasteiger partial charge in [-0.25, -0.2) is 9.97 Å². The molecule has 0 radical (unpaired) electrons. The molecule has 0 aliphatic heterocycles. The van der Waals surface area contributed by atoms with E-state index in [0.29, 0.717) is 11.0 Å². The van der Waals surface area contributed by atoms with Crippen LogP contribution in [0.5, 0.6) is 0 Å². The monoisotopic (exact) mass is 263 g/mol. The lowest BCUT2D eigenvalue weighted by Gasteiger charge is -2.01. The Morgan fingerprint density at radius 1 is 1.50 bits per heavy atom. The minimum atomic E-state index is -0.124. The van der Waals surface area contributed by atoms with Crippen LogP contribution < -0.4 is 5.32 Å². The predicted octanol–water partition coefficient (Wildman–Crippen LogP) is 1.49. The van der Waals surface area contributed by atoms with E-state index in [-0.39, 0.29) is 11.7 Å². The van der Waals surface area contributed by atoms with E-state index < -0.39 is 0 Å². The molecule has 0 spiro atoms. The number of H-pyrrole nitrogens is 1. The molecular formula is C11H13N5OS. The summed E-state index contributed by atoms with van der Waals surface area (Å²) >= 11 is 1.29. The molecule has 2 aromatic rings. The van der Waals surface area contributed by atoms with Crippen LogP contribution in [0.3, 0.4) is 0 Å². The molecule has 0 aromatic carbocycles. The molecule has 94 valence electrons. The number of nitrogens with zero attached hydrogens (tertiary/aromatic N) is 3. The van der Waals surface area contributed by atoms with E-state index >= 15 is 0 Å². The fourth-order valence-corrected chi connectivity index (χ4v) is 1.86. The van der Waals surface area contributed by atoms with Crippen LogP contribution in [0.4, 0.5) is 5.82 Å². The summed E-state index contributed by atoms with van der Waals surface area (Å²) in [5.41, 5.74) is 0. The Kier molecular flexibility index (Phi) is 4.30. The van der Waals surface area contributed by atoms with Gasteiger partial charge >= 0.3 is 0 Å². The molecule has 0 aliphatic carbocycles. The van der Waals surface area contributed by atoms with Crippen molar-refractivity contribution < 1.29 is 4.79 Å². The molecule has 0 saturated heterocycles. The topological polar surface area (TPSA) is 83.6 Å². The number of pyridine rings is 1. The fraction of sp³-hybridized carbons (Fsp3) is 0.273. The number of hydrogen-bond donors (Lipinski definition) is 2. The third kappa shape index (κ3) is 3.56. The molecule has 0 atom stereocenters. The third-order valence-electron chi connectivity index (χ3n) is 2.11. The number of aryl methyl sites for hydroxylation is 1. The standard InChI is InChI=1S/C11H13N5OS/c1-2-8-14-11(16-15-8)18-7-10(17)13-9-5-3-4-6-12-9/h3-6H,2,7H2,1H3,(H,12,13,17)(H,14,15,16). The molecule has 0 unspecified atom stereocenters. The molecule has 0 fully saturated rings. The molecule has 1 amide bonds. The summed E-state index contributed by atoms with van der Waals surface area (Å²) in [7, 11) is 0. The van der Waals surface area contributed by atoms with Gasteiger partial charge in [-0.2, -0.15) is 0 Å². The zero-order chi connectivity index (χ0) is 12.8. The number of rotatable bonds is 5. The Bertz CT molecular complexity index is 513. The molecule has 6 nitrogen and oxygen atoms in total. The van der Waals surface area contributed by atoms with E-state index in [2.05, 4.69) is 25.5 Å². The van der Waals surface area contributed by atoms with E-state index in [4.69, 9.17) is 0 Å². The van der Waals surface area contributed by atoms with Gasteiger partial charge in [-0.3, -0.25) is 9.89 Å². The molecule has 2 heterocycles. The maximum absolute atomic E-state index is 11.6. The summed E-state index contributed by atoms with van der Waals surface area (Å²) in [6, 6.07) is 5.35. The van der Waals surface area contributed by atoms with E-state index in [1.54, 1.807) is 18.3 Å². The van der Waals surface area contributed by atoms with Crippen LogP contribution in [0, 0.1) is 0 Å². The molecular weight excluding hydrogens is 250 g/mol. The summed E-state index contributed by atoms with van der Waals surface area (Å²) in [5, 5.41) is 10.1. The van der Waals surface area contributed by atoms with E-state index in [9.17, 15) is 4.79 Å². The van der Waals surface area contributed by atoms with Crippen LogP contribution in [0.15, 0.2) is 29.6 Å². The molecule has 2 N–H and O–H groups in total. The Morgan fingerprint density at radius 3 is 3.06 bits per heavy atom. The molecule has 2 rings (SSSR count). The van der Waals surface area contributed by atoms with Gasteiger partial charge in [0.25, 0.3) is 0 Å². The first-order valence-electron chi connectivity index (χ1n) is 5.53. The number of aromatic nitrogens is 4. The first-order valence-corrected chi connectivity index (χ1v) is 6.51. The van der Waals surface area contributed by atoms with Gasteiger partial charge in [0.05, 0.1) is 5.75 Å². The zero-order valence-corrected chi connectivity index (χ0v) is 10.7. The second-order valence-electron chi connectivity index (χ2n) is 3.47. The summed E-state index contributed by atoms with van der Waals surface area (Å²) in [6.45, 7) is 1.99. The van der Waals surface area contributed by atoms with Crippen molar-refractivity contribution in [2.45, 2.75) is 18.5 Å². The molecule has 2 aromatic heterocycles. The summed E-state index contributed by atoms with van der Waals surface area (Å²) < 4.78 is 0. The number of carbonyl (C=O) groups excluding carboxylic acids is 1. The van der Waals surface area contributed by atoms with E-state index in [0.717, 1.165) is 12.2 Å². The van der Waals surface area contributed by atoms with E-state index in [1.165, 1.54) is 11.8 Å². The second-order valence-corrected chi connectivity index (χ2v) is 4.41. The van der Waals surface area contributed by atoms with Crippen molar-refractivity contribution in [3.05, 3.63) is 30.2 Å². The smallest absolute Gasteiger partial charge is 0.236 e. The number of nitrogens with one attached hydrogen (secondary N) is 2. The summed E-state index contributed by atoms with van der Waals surface area (Å²) in [6.07, 6.45) is 2.43. The largest absolute Gasteiger partial charge is 0.310 e. The van der Waals surface area contributed by atoms with Crippen LogP contribution in [0.25, 0.3) is 0 Å². The first-order chi connectivity index (χ1) is 8.78. The van der Waals surface area contributed by atoms with Crippen LogP contribution in [-0.4, -0.2) is 31.8 Å². The SMILES string of the molecule is CCc1nc(SCC(=O)Nc2ccccn2)n[nH]1. The number of aromatic amines is 1. The molecule has 0 bridgehead atoms. The van der Waals surface area contributed by atoms with Gasteiger partial charge in [-0.1, -0.05) is 24.8 Å². The number of amides is 1. The Morgan fingerprint density at radius 2 is 2.39 bits per heavy atom. The van der Waals surface area contributed by atoms with Gasteiger partial charge in [-0.05, 0) is 12.1 Å². The number of hydrogen-bond acceptors (Lipinski definition) is 5. The van der Waals surface area contributed by atoms with Gasteiger partial charge in [-0.15, -0.1) is 5.10 Å². The Balaban J connectivity index is 1.81. The third-order valence-corrected chi connectivity index (χ3v) is 2.96. The molecule has 0 aliphatic rings. The van der Waals surface area contributed by atoms with Crippen molar-refractivity contribution >= 4 is 23.5 Å². The molecule has 0 saturated carbocycles. The van der Waals surface area contributed by atoms with Crippen molar-refractivity contribution in [1.29, 1.82) is 0 Å². The molecule has 18 heavy (non-hydrogen) atoms. The van der Waals surface area contributed by atoms with Gasteiger partial charge in [0.1, 0.15) is 11.6 Å². The Hall–Kier alpha value is -1.89. The van der Waals surface area contributed by atoms with Crippen LogP contribution in [-0.2, 0) is 11.2 Å². The summed E-state index contributed by atoms with van der Waals surface area (Å²) in [4.78, 5) is 19.8. The maximum Gasteiger partial charge on any atom is 0.236 e. The molecule has 7 heteroatoms. The van der Waals surface area contributed by atoms with Crippen LogP contribution in [0.1, 0.15) is 12.7 Å². The number of carbonyl (C=O) groups is 1. The summed E-state index contributed by atoms with van der Waals surface area (Å²) in [5.74, 6) is 1.51. The maximum atomic E-state index is 11.6. The van der Waals surface area contributed by atoms with E-state index in [1.807, 2.05) is 13.0 Å². The van der Waals surface area contributed by atoms with Gasteiger partial charge in [0.2, 0.25) is 11.1 Å². The lowest BCUT2D eigenvalue weighted by Crippen LogP contribution is -2.14. The minimum absolute atomic E-state index is 0.124. The highest BCUT2D eigenvalue weighted by Crippen LogP contribution is 2.12. The zero-order valence-electron chi connectivity index (χ0n) is 9.88. The highest BCUT2D eigenvalue weighted by atomic mass is 32.2. The van der Waals surface area contributed by atoms with Crippen LogP contribution >= 0.6 is 11.8 Å². The predicted molar refractivity (Wildman–Crippen MR) is 69.4 cm³/mol. The minimum Gasteiger partial charge on any atom is -0.310 e. The van der Waals surface area contributed by atoms with Crippen molar-refractivity contribution in [3.63, 3.8) is 0 Å². The van der Waals surface area contributed by atoms with Crippen molar-refractivity contribution in [2.24, 2.45) is 0 Å². The Labute approximate surface area is 109 Å². The van der Waals surface area contributed by atoms with Gasteiger partial charge < -0.3 is 5.32 Å². The highest BCUT2D eigenvalue weighted by Gasteiger charge is 2.07. The van der Waals surface area contributed by atoms with Gasteiger partial charge in [0.15, 0.2) is 0 Å². The number of thioether (sulfide) groups is 1. The normalized spacial score (nSPS) is 10.3. The van der Waals surface area contributed by atoms with Crippen molar-refractivity contribution in [3.8, 4) is 0 Å². The van der Waals surface area contributed by atoms with Crippen molar-refractivity contribution in [1.82, 2.24) is 20.2 Å². The van der Waals surface area contributed by atoms with Crippen molar-refractivity contribution in [2.75, 3.05) is 11.1 Å². The average Bonchev–Trinajstić information content (AvgIpc) is 2.85. The lowest BCUT2D eigenvalue weighted by molar-refractivity contribution is -0.113. The quantitative estimate of drug-likeness (QED) is 0.798. The second kappa shape index (κ2) is 6.15. The highest BCUT2D eigenvalue weighted by molar-refractivity contribution is 7.99. The van der Waals surface area contributed by atoms with Crippen LogP contribution in [0.2, 0.25) is 0 Å². The lowest BCUT2D eigenvalue weighted by atomic mass is 10.4. The number of anilines is 1. The fourth-order valence-electron chi connectivity index (χ4n) is 1.25. The first kappa shape index (κ1) is 12.6. The average molecular weight is 263 g/mol. The van der Waals surface area contributed by atoms with Gasteiger partial charge in [0, 0.05) is 12.6 Å².